The Hall–Kier alpha value is -2.27. The molecule has 1 aromatic carbocycles. The molecule has 6 fully saturated rings. The minimum absolute atomic E-state index is 0.0538. The molecule has 0 aromatic heterocycles. The number of aliphatic hydroxyl groups excluding tert-OH is 1. The number of allylic oxidation sites excluding steroid dienone is 2. The van der Waals surface area contributed by atoms with E-state index in [1.54, 1.807) is 12.1 Å². The summed E-state index contributed by atoms with van der Waals surface area (Å²) in [5.41, 5.74) is 2.14. The molecule has 8 rings (SSSR count). The number of benzene rings is 1. The van der Waals surface area contributed by atoms with Crippen LogP contribution in [0.4, 0.5) is 4.39 Å². The molecule has 0 radical (unpaired) electrons. The summed E-state index contributed by atoms with van der Waals surface area (Å²) in [5.74, 6) is 2.90. The smallest absolute Gasteiger partial charge is 0.333 e. The predicted octanol–water partition coefficient (Wildman–Crippen LogP) is 9.26. The Morgan fingerprint density at radius 3 is 2.36 bits per heavy atom. The molecule has 7 aliphatic carbocycles. The van der Waals surface area contributed by atoms with Crippen molar-refractivity contribution in [2.24, 2.45) is 63.1 Å². The van der Waals surface area contributed by atoms with Gasteiger partial charge in [0.05, 0.1) is 18.6 Å². The van der Waals surface area contributed by atoms with E-state index in [0.717, 1.165) is 50.5 Å². The van der Waals surface area contributed by atoms with Crippen LogP contribution in [-0.2, 0) is 20.9 Å². The average molecular weight is 883 g/mol. The molecular weight excluding hydrogens is 818 g/mol. The molecule has 0 heterocycles. The highest BCUT2D eigenvalue weighted by Crippen LogP contribution is 2.77. The zero-order valence-electron chi connectivity index (χ0n) is 34.4. The van der Waals surface area contributed by atoms with Crippen LogP contribution in [0.15, 0.2) is 41.5 Å². The summed E-state index contributed by atoms with van der Waals surface area (Å²) < 4.78 is 20.3. The second-order valence-electron chi connectivity index (χ2n) is 20.4. The number of esters is 1. The number of hydrogen-bond donors (Lipinski definition) is 3. The van der Waals surface area contributed by atoms with Crippen molar-refractivity contribution in [2.45, 2.75) is 134 Å². The van der Waals surface area contributed by atoms with Gasteiger partial charge in [-0.1, -0.05) is 74.9 Å². The van der Waals surface area contributed by atoms with Crippen molar-refractivity contribution in [3.05, 3.63) is 58.4 Å². The van der Waals surface area contributed by atoms with Crippen molar-refractivity contribution in [3.63, 3.8) is 0 Å². The van der Waals surface area contributed by atoms with Crippen molar-refractivity contribution in [2.75, 3.05) is 13.7 Å². The van der Waals surface area contributed by atoms with Crippen LogP contribution in [0, 0.1) is 68.9 Å². The maximum Gasteiger partial charge on any atom is 0.333 e. The maximum absolute atomic E-state index is 15.4. The highest BCUT2D eigenvalue weighted by Gasteiger charge is 2.73. The van der Waals surface area contributed by atoms with E-state index >= 15 is 4.39 Å². The van der Waals surface area contributed by atoms with Crippen LogP contribution < -0.4 is 10.6 Å². The fourth-order valence-electron chi connectivity index (χ4n) is 14.6. The number of carbonyl (C=O) groups is 3. The van der Waals surface area contributed by atoms with E-state index < -0.39 is 11.2 Å². The van der Waals surface area contributed by atoms with Crippen molar-refractivity contribution in [1.29, 1.82) is 0 Å². The lowest BCUT2D eigenvalue weighted by atomic mass is 9.36. The van der Waals surface area contributed by atoms with Gasteiger partial charge in [-0.2, -0.15) is 0 Å². The summed E-state index contributed by atoms with van der Waals surface area (Å²) in [6.45, 7) is 12.6. The Morgan fingerprint density at radius 1 is 0.893 bits per heavy atom. The first-order chi connectivity index (χ1) is 26.5. The summed E-state index contributed by atoms with van der Waals surface area (Å²) in [7, 11) is 1.37. The van der Waals surface area contributed by atoms with E-state index in [1.165, 1.54) is 44.9 Å². The molecule has 306 valence electrons. The van der Waals surface area contributed by atoms with Gasteiger partial charge in [-0.15, -0.1) is 0 Å². The lowest BCUT2D eigenvalue weighted by Gasteiger charge is -2.72. The normalized spacial score (nSPS) is 42.1. The number of hydrogen-bond acceptors (Lipinski definition) is 5. The minimum atomic E-state index is -0.449. The van der Waals surface area contributed by atoms with Crippen LogP contribution in [0.1, 0.15) is 134 Å². The highest BCUT2D eigenvalue weighted by atomic mass is 127. The van der Waals surface area contributed by atoms with Gasteiger partial charge in [0.15, 0.2) is 0 Å². The number of alkyl halides is 1. The first kappa shape index (κ1) is 40.5. The van der Waals surface area contributed by atoms with Gasteiger partial charge in [0.2, 0.25) is 5.91 Å². The summed E-state index contributed by atoms with van der Waals surface area (Å²) in [5, 5.41) is 17.4. The number of nitrogens with one attached hydrogen (secondary N) is 2. The SMILES string of the molecule is COC(=O)C1=CC=C(CNC(=O)c2ccc(F)c(CNC(=O)C34CCC(C5CC5C)C3C3CCC5C6(C)CCC(O)C(C)(C)C6CCC5(C)C3(I)CC4)c2)CC1. The Kier molecular flexibility index (Phi) is 10.5. The summed E-state index contributed by atoms with van der Waals surface area (Å²) >= 11 is 2.94. The molecule has 7 aliphatic rings. The fourth-order valence-corrected chi connectivity index (χ4v) is 16.2. The van der Waals surface area contributed by atoms with Gasteiger partial charge in [0.1, 0.15) is 5.82 Å². The van der Waals surface area contributed by atoms with Gasteiger partial charge in [0, 0.05) is 33.2 Å². The van der Waals surface area contributed by atoms with Gasteiger partial charge in [-0.05, 0) is 159 Å². The molecule has 1 aromatic rings. The average Bonchev–Trinajstić information content (AvgIpc) is 3.77. The number of carbonyl (C=O) groups excluding carboxylic acids is 3. The van der Waals surface area contributed by atoms with E-state index in [0.29, 0.717) is 77.5 Å². The van der Waals surface area contributed by atoms with Crippen molar-refractivity contribution >= 4 is 40.4 Å². The number of aliphatic hydroxyl groups is 1. The quantitative estimate of drug-likeness (QED) is 0.137. The molecule has 6 saturated carbocycles. The summed E-state index contributed by atoms with van der Waals surface area (Å²) in [6.07, 6.45) is 16.5. The first-order valence-corrected chi connectivity index (χ1v) is 22.8. The molecule has 12 atom stereocenters. The Morgan fingerprint density at radius 2 is 1.66 bits per heavy atom. The monoisotopic (exact) mass is 882 g/mol. The molecule has 0 saturated heterocycles. The Labute approximate surface area is 347 Å². The molecule has 0 aliphatic heterocycles. The lowest BCUT2D eigenvalue weighted by Crippen LogP contribution is -2.69. The predicted molar refractivity (Wildman–Crippen MR) is 224 cm³/mol. The third-order valence-corrected chi connectivity index (χ3v) is 20.4. The fraction of sp³-hybridized carbons (Fsp3) is 0.723. The second-order valence-corrected chi connectivity index (χ2v) is 22.4. The molecular formula is C47H64FIN2O5. The molecule has 3 N–H and O–H groups in total. The topological polar surface area (TPSA) is 105 Å². The van der Waals surface area contributed by atoms with E-state index in [2.05, 4.69) is 67.8 Å². The van der Waals surface area contributed by atoms with E-state index in [9.17, 15) is 19.5 Å². The number of amides is 2. The molecule has 7 nitrogen and oxygen atoms in total. The van der Waals surface area contributed by atoms with Gasteiger partial charge in [-0.25, -0.2) is 9.18 Å². The maximum atomic E-state index is 15.4. The zero-order valence-corrected chi connectivity index (χ0v) is 36.6. The molecule has 0 spiro atoms. The van der Waals surface area contributed by atoms with Gasteiger partial charge in [0.25, 0.3) is 5.91 Å². The zero-order chi connectivity index (χ0) is 40.0. The Balaban J connectivity index is 0.997. The third-order valence-electron chi connectivity index (χ3n) is 17.8. The van der Waals surface area contributed by atoms with Crippen molar-refractivity contribution < 1.29 is 28.6 Å². The number of methoxy groups -OCH3 is 1. The van der Waals surface area contributed by atoms with Gasteiger partial charge in [-0.3, -0.25) is 9.59 Å². The second kappa shape index (κ2) is 14.5. The van der Waals surface area contributed by atoms with Gasteiger partial charge < -0.3 is 20.5 Å². The van der Waals surface area contributed by atoms with Crippen LogP contribution in [0.2, 0.25) is 0 Å². The van der Waals surface area contributed by atoms with E-state index in [1.807, 2.05) is 6.08 Å². The molecule has 9 heteroatoms. The molecule has 0 bridgehead atoms. The summed E-state index contributed by atoms with van der Waals surface area (Å²) in [4.78, 5) is 39.9. The van der Waals surface area contributed by atoms with E-state index in [-0.39, 0.29) is 50.1 Å². The van der Waals surface area contributed by atoms with Crippen LogP contribution in [0.25, 0.3) is 0 Å². The highest BCUT2D eigenvalue weighted by molar-refractivity contribution is 14.1. The largest absolute Gasteiger partial charge is 0.466 e. The number of rotatable bonds is 8. The van der Waals surface area contributed by atoms with Crippen LogP contribution in [0.3, 0.4) is 0 Å². The Bertz CT molecular complexity index is 1840. The van der Waals surface area contributed by atoms with Crippen molar-refractivity contribution in [3.8, 4) is 0 Å². The van der Waals surface area contributed by atoms with Crippen LogP contribution in [-0.4, -0.2) is 46.1 Å². The minimum Gasteiger partial charge on any atom is -0.466 e. The molecule has 56 heavy (non-hydrogen) atoms. The van der Waals surface area contributed by atoms with Gasteiger partial charge >= 0.3 is 5.97 Å². The molecule has 2 amide bonds. The number of halogens is 2. The lowest BCUT2D eigenvalue weighted by molar-refractivity contribution is -0.204. The first-order valence-electron chi connectivity index (χ1n) is 21.7. The number of fused-ring (bicyclic) bond motifs is 7. The summed E-state index contributed by atoms with van der Waals surface area (Å²) in [6, 6.07) is 4.40. The van der Waals surface area contributed by atoms with Crippen LogP contribution >= 0.6 is 22.6 Å². The number of ether oxygens (including phenoxy) is 1. The third kappa shape index (κ3) is 6.27. The van der Waals surface area contributed by atoms with Crippen molar-refractivity contribution in [1.82, 2.24) is 10.6 Å². The van der Waals surface area contributed by atoms with E-state index in [4.69, 9.17) is 4.74 Å². The standard InChI is InChI=1S/C47H64FIN2O5/c1-27-23-33(27)32-15-20-46(42(55)51-26-31-24-30(11-13-35(31)48)40(53)50-25-28-7-9-29(10-8-28)41(54)56-6)21-22-47(49)34(39(32)46)12-14-37-44(4)18-17-38(52)43(2,3)36(44)16-19-45(37,47)5/h7,9,11,13,24,27,32-34,36-39,52H,8,10,12,14-23,25-26H2,1-6H3,(H,50,53)(H,51,55). The van der Waals surface area contributed by atoms with Crippen LogP contribution in [0.5, 0.6) is 0 Å². The molecule has 12 unspecified atom stereocenters.